The van der Waals surface area contributed by atoms with Gasteiger partial charge in [0.05, 0.1) is 18.0 Å². The quantitative estimate of drug-likeness (QED) is 0.875. The number of anilines is 1. The third-order valence-electron chi connectivity index (χ3n) is 3.28. The molecule has 0 spiro atoms. The van der Waals surface area contributed by atoms with Crippen LogP contribution in [0.2, 0.25) is 0 Å². The normalized spacial score (nSPS) is 14.4. The van der Waals surface area contributed by atoms with Gasteiger partial charge in [-0.15, -0.1) is 0 Å². The number of hydrogen-bond donors (Lipinski definition) is 0. The summed E-state index contributed by atoms with van der Waals surface area (Å²) in [4.78, 5) is 0. The molecule has 0 amide bonds. The van der Waals surface area contributed by atoms with E-state index in [-0.39, 0.29) is 18.1 Å². The Kier molecular flexibility index (Phi) is 3.55. The lowest BCUT2D eigenvalue weighted by atomic mass is 10.2. The smallest absolute Gasteiger partial charge is 0.239 e. The predicted octanol–water partition coefficient (Wildman–Crippen LogP) is 2.55. The van der Waals surface area contributed by atoms with Crippen molar-refractivity contribution < 1.29 is 17.5 Å². The van der Waals surface area contributed by atoms with Gasteiger partial charge in [0.15, 0.2) is 0 Å². The van der Waals surface area contributed by atoms with E-state index in [4.69, 9.17) is 4.74 Å². The lowest BCUT2D eigenvalue weighted by Crippen LogP contribution is -2.38. The molecule has 0 fully saturated rings. The molecule has 0 N–H and O–H groups in total. The second-order valence-electron chi connectivity index (χ2n) is 4.77. The van der Waals surface area contributed by atoms with Crippen molar-refractivity contribution in [3.8, 4) is 5.75 Å². The minimum atomic E-state index is -3.53. The second kappa shape index (κ2) is 5.37. The molecule has 0 aromatic heterocycles. The monoisotopic (exact) mass is 307 g/mol. The second-order valence-corrected chi connectivity index (χ2v) is 6.66. The van der Waals surface area contributed by atoms with Crippen molar-refractivity contribution in [3.05, 3.63) is 59.9 Å². The molecule has 0 bridgehead atoms. The van der Waals surface area contributed by atoms with Gasteiger partial charge in [0.25, 0.3) is 0 Å². The number of halogens is 1. The average molecular weight is 307 g/mol. The van der Waals surface area contributed by atoms with E-state index in [0.29, 0.717) is 23.6 Å². The van der Waals surface area contributed by atoms with E-state index in [1.807, 2.05) is 0 Å². The summed E-state index contributed by atoms with van der Waals surface area (Å²) in [5.74, 6) is 0.0148. The first-order chi connectivity index (χ1) is 10.1. The average Bonchev–Trinajstić information content (AvgIpc) is 2.49. The topological polar surface area (TPSA) is 46.6 Å². The SMILES string of the molecule is O=S(=O)(Cc1ccc(F)cc1)N1CCOc2ccccc21. The Morgan fingerprint density at radius 3 is 2.57 bits per heavy atom. The van der Waals surface area contributed by atoms with Crippen molar-refractivity contribution in [2.75, 3.05) is 17.5 Å². The van der Waals surface area contributed by atoms with Crippen molar-refractivity contribution in [1.82, 2.24) is 0 Å². The molecule has 1 heterocycles. The van der Waals surface area contributed by atoms with Crippen LogP contribution in [-0.2, 0) is 15.8 Å². The molecule has 4 nitrogen and oxygen atoms in total. The number of fused-ring (bicyclic) bond motifs is 1. The molecular weight excluding hydrogens is 293 g/mol. The Labute approximate surface area is 122 Å². The highest BCUT2D eigenvalue weighted by Gasteiger charge is 2.28. The first-order valence-corrected chi connectivity index (χ1v) is 8.14. The molecule has 2 aromatic carbocycles. The van der Waals surface area contributed by atoms with Gasteiger partial charge in [-0.3, -0.25) is 4.31 Å². The summed E-state index contributed by atoms with van der Waals surface area (Å²) in [5, 5.41) is 0. The van der Waals surface area contributed by atoms with Crippen LogP contribution >= 0.6 is 0 Å². The van der Waals surface area contributed by atoms with Gasteiger partial charge in [-0.1, -0.05) is 24.3 Å². The van der Waals surface area contributed by atoms with Gasteiger partial charge < -0.3 is 4.74 Å². The van der Waals surface area contributed by atoms with E-state index in [9.17, 15) is 12.8 Å². The number of ether oxygens (including phenoxy) is 1. The molecule has 2 aromatic rings. The number of benzene rings is 2. The summed E-state index contributed by atoms with van der Waals surface area (Å²) in [6, 6.07) is 12.5. The van der Waals surface area contributed by atoms with Crippen LogP contribution in [0.3, 0.4) is 0 Å². The van der Waals surface area contributed by atoms with Gasteiger partial charge in [-0.05, 0) is 29.8 Å². The zero-order chi connectivity index (χ0) is 14.9. The van der Waals surface area contributed by atoms with E-state index < -0.39 is 10.0 Å². The lowest BCUT2D eigenvalue weighted by Gasteiger charge is -2.30. The fourth-order valence-corrected chi connectivity index (χ4v) is 3.88. The van der Waals surface area contributed by atoms with Gasteiger partial charge in [0, 0.05) is 0 Å². The highest BCUT2D eigenvalue weighted by molar-refractivity contribution is 7.92. The minimum Gasteiger partial charge on any atom is -0.489 e. The number of hydrogen-bond acceptors (Lipinski definition) is 3. The van der Waals surface area contributed by atoms with Crippen molar-refractivity contribution in [2.45, 2.75) is 5.75 Å². The van der Waals surface area contributed by atoms with Gasteiger partial charge in [0.2, 0.25) is 10.0 Å². The van der Waals surface area contributed by atoms with E-state index in [2.05, 4.69) is 0 Å². The minimum absolute atomic E-state index is 0.165. The Morgan fingerprint density at radius 2 is 1.81 bits per heavy atom. The summed E-state index contributed by atoms with van der Waals surface area (Å²) in [6.45, 7) is 0.597. The molecule has 0 saturated heterocycles. The fraction of sp³-hybridized carbons (Fsp3) is 0.200. The van der Waals surface area contributed by atoms with Gasteiger partial charge >= 0.3 is 0 Å². The predicted molar refractivity (Wildman–Crippen MR) is 78.3 cm³/mol. The number of para-hydroxylation sites is 2. The number of sulfonamides is 1. The number of nitrogens with zero attached hydrogens (tertiary/aromatic N) is 1. The van der Waals surface area contributed by atoms with Crippen molar-refractivity contribution in [2.24, 2.45) is 0 Å². The Balaban J connectivity index is 1.91. The van der Waals surface area contributed by atoms with Crippen LogP contribution in [0.1, 0.15) is 5.56 Å². The van der Waals surface area contributed by atoms with Crippen LogP contribution in [0.15, 0.2) is 48.5 Å². The molecule has 1 aliphatic heterocycles. The molecule has 0 saturated carbocycles. The molecule has 3 rings (SSSR count). The lowest BCUT2D eigenvalue weighted by molar-refractivity contribution is 0.316. The van der Waals surface area contributed by atoms with Crippen LogP contribution in [0.4, 0.5) is 10.1 Å². The standard InChI is InChI=1S/C15H14FNO3S/c16-13-7-5-12(6-8-13)11-21(18,19)17-9-10-20-15-4-2-1-3-14(15)17/h1-8H,9-11H2. The summed E-state index contributed by atoms with van der Waals surface area (Å²) in [7, 11) is -3.53. The van der Waals surface area contributed by atoms with Crippen LogP contribution < -0.4 is 9.04 Å². The first kappa shape index (κ1) is 13.9. The molecule has 21 heavy (non-hydrogen) atoms. The van der Waals surface area contributed by atoms with Crippen molar-refractivity contribution >= 4 is 15.7 Å². The Bertz CT molecular complexity index is 744. The van der Waals surface area contributed by atoms with E-state index in [1.165, 1.54) is 28.6 Å². The highest BCUT2D eigenvalue weighted by Crippen LogP contribution is 2.33. The van der Waals surface area contributed by atoms with Crippen LogP contribution in [-0.4, -0.2) is 21.6 Å². The fourth-order valence-electron chi connectivity index (χ4n) is 2.30. The maximum atomic E-state index is 12.9. The van der Waals surface area contributed by atoms with Crippen LogP contribution in [0.5, 0.6) is 5.75 Å². The third kappa shape index (κ3) is 2.85. The van der Waals surface area contributed by atoms with Crippen LogP contribution in [0, 0.1) is 5.82 Å². The molecule has 0 radical (unpaired) electrons. The molecular formula is C15H14FNO3S. The molecule has 0 unspecified atom stereocenters. The highest BCUT2D eigenvalue weighted by atomic mass is 32.2. The van der Waals surface area contributed by atoms with E-state index in [0.717, 1.165) is 0 Å². The maximum absolute atomic E-state index is 12.9. The van der Waals surface area contributed by atoms with Gasteiger partial charge in [-0.2, -0.15) is 0 Å². The summed E-state index contributed by atoms with van der Waals surface area (Å²) >= 11 is 0. The summed E-state index contributed by atoms with van der Waals surface area (Å²) < 4.78 is 44.9. The maximum Gasteiger partial charge on any atom is 0.239 e. The van der Waals surface area contributed by atoms with Crippen LogP contribution in [0.25, 0.3) is 0 Å². The van der Waals surface area contributed by atoms with Gasteiger partial charge in [-0.25, -0.2) is 12.8 Å². The Morgan fingerprint density at radius 1 is 1.10 bits per heavy atom. The van der Waals surface area contributed by atoms with Gasteiger partial charge in [0.1, 0.15) is 18.2 Å². The molecule has 0 aliphatic carbocycles. The molecule has 1 aliphatic rings. The van der Waals surface area contributed by atoms with E-state index in [1.54, 1.807) is 24.3 Å². The first-order valence-electron chi connectivity index (χ1n) is 6.53. The summed E-state index contributed by atoms with van der Waals surface area (Å²) in [5.41, 5.74) is 1.10. The van der Waals surface area contributed by atoms with E-state index >= 15 is 0 Å². The molecule has 0 atom stereocenters. The van der Waals surface area contributed by atoms with Crippen molar-refractivity contribution in [1.29, 1.82) is 0 Å². The largest absolute Gasteiger partial charge is 0.489 e. The molecule has 6 heteroatoms. The molecule has 110 valence electrons. The summed E-state index contributed by atoms with van der Waals surface area (Å²) in [6.07, 6.45) is 0. The zero-order valence-corrected chi connectivity index (χ0v) is 12.0. The zero-order valence-electron chi connectivity index (χ0n) is 11.2. The Hall–Kier alpha value is -2.08. The number of rotatable bonds is 3. The third-order valence-corrected chi connectivity index (χ3v) is 5.03. The van der Waals surface area contributed by atoms with Crippen molar-refractivity contribution in [3.63, 3.8) is 0 Å².